The quantitative estimate of drug-likeness (QED) is 0.523. The van der Waals surface area contributed by atoms with Crippen LogP contribution in [-0.2, 0) is 6.42 Å². The van der Waals surface area contributed by atoms with E-state index in [9.17, 15) is 4.79 Å². The van der Waals surface area contributed by atoms with Gasteiger partial charge < -0.3 is 10.8 Å². The highest BCUT2D eigenvalue weighted by Gasteiger charge is 2.01. The molecule has 0 radical (unpaired) electrons. The van der Waals surface area contributed by atoms with Gasteiger partial charge in [0.1, 0.15) is 0 Å². The smallest absolute Gasteiger partial charge is 0.335 e. The van der Waals surface area contributed by atoms with E-state index in [2.05, 4.69) is 0 Å². The maximum absolute atomic E-state index is 10.5. The summed E-state index contributed by atoms with van der Waals surface area (Å²) in [5, 5.41) is 15.6. The van der Waals surface area contributed by atoms with Crippen molar-refractivity contribution in [3.63, 3.8) is 0 Å². The van der Waals surface area contributed by atoms with Gasteiger partial charge >= 0.3 is 5.97 Å². The van der Waals surface area contributed by atoms with E-state index in [1.54, 1.807) is 12.1 Å². The molecule has 0 heterocycles. The lowest BCUT2D eigenvalue weighted by molar-refractivity contribution is 0.0697. The summed E-state index contributed by atoms with van der Waals surface area (Å²) in [6.07, 6.45) is 0.361. The van der Waals surface area contributed by atoms with Gasteiger partial charge in [0.25, 0.3) is 0 Å². The molecule has 0 amide bonds. The number of carbonyl (C=O) groups is 1. The topological polar surface area (TPSA) is 87.2 Å². The third-order valence-electron chi connectivity index (χ3n) is 1.60. The molecule has 1 rings (SSSR count). The van der Waals surface area contributed by atoms with Crippen LogP contribution in [0.2, 0.25) is 0 Å². The minimum Gasteiger partial charge on any atom is -0.478 e. The summed E-state index contributed by atoms with van der Waals surface area (Å²) in [7, 11) is 0. The van der Waals surface area contributed by atoms with Gasteiger partial charge in [-0.25, -0.2) is 4.79 Å². The maximum atomic E-state index is 10.5. The van der Waals surface area contributed by atoms with Crippen molar-refractivity contribution < 1.29 is 9.90 Å². The summed E-state index contributed by atoms with van der Waals surface area (Å²) in [6.45, 7) is 0. The van der Waals surface area contributed by atoms with Crippen LogP contribution in [0.15, 0.2) is 24.3 Å². The number of hydrogen-bond donors (Lipinski definition) is 3. The van der Waals surface area contributed by atoms with Gasteiger partial charge in [-0.2, -0.15) is 0 Å². The second kappa shape index (κ2) is 5.24. The number of amidine groups is 1. The summed E-state index contributed by atoms with van der Waals surface area (Å²) >= 11 is 0. The van der Waals surface area contributed by atoms with E-state index >= 15 is 0 Å². The Morgan fingerprint density at radius 1 is 1.36 bits per heavy atom. The molecular weight excluding hydrogens is 204 g/mol. The van der Waals surface area contributed by atoms with Crippen LogP contribution >= 0.6 is 12.4 Å². The molecule has 0 bridgehead atoms. The Labute approximate surface area is 87.7 Å². The Morgan fingerprint density at radius 3 is 2.21 bits per heavy atom. The number of aromatic carboxylic acids is 1. The van der Waals surface area contributed by atoms with Crippen LogP contribution in [0.5, 0.6) is 0 Å². The number of carboxylic acid groups (broad SMARTS) is 1. The number of halogens is 1. The van der Waals surface area contributed by atoms with Gasteiger partial charge in [-0.3, -0.25) is 5.41 Å². The lowest BCUT2D eigenvalue weighted by atomic mass is 10.1. The first-order valence-corrected chi connectivity index (χ1v) is 3.74. The Bertz CT molecular complexity index is 335. The van der Waals surface area contributed by atoms with E-state index in [0.29, 0.717) is 6.42 Å². The molecule has 0 saturated heterocycles. The van der Waals surface area contributed by atoms with E-state index in [0.717, 1.165) is 5.56 Å². The minimum absolute atomic E-state index is 0. The SMILES string of the molecule is Cl.N=C(N)Cc1ccc(C(=O)O)cc1. The summed E-state index contributed by atoms with van der Waals surface area (Å²) in [4.78, 5) is 10.5. The average molecular weight is 215 g/mol. The highest BCUT2D eigenvalue weighted by molar-refractivity contribution is 5.87. The first kappa shape index (κ1) is 12.4. The van der Waals surface area contributed by atoms with E-state index < -0.39 is 5.97 Å². The van der Waals surface area contributed by atoms with E-state index in [-0.39, 0.29) is 23.8 Å². The predicted molar refractivity (Wildman–Crippen MR) is 56.3 cm³/mol. The molecule has 0 fully saturated rings. The number of benzene rings is 1. The first-order chi connectivity index (χ1) is 6.09. The second-order valence-corrected chi connectivity index (χ2v) is 2.70. The molecular formula is C9H11ClN2O2. The molecule has 5 heteroatoms. The third-order valence-corrected chi connectivity index (χ3v) is 1.60. The van der Waals surface area contributed by atoms with Gasteiger partial charge in [0, 0.05) is 6.42 Å². The largest absolute Gasteiger partial charge is 0.478 e. The second-order valence-electron chi connectivity index (χ2n) is 2.70. The predicted octanol–water partition coefficient (Wildman–Crippen LogP) is 1.29. The van der Waals surface area contributed by atoms with Crippen molar-refractivity contribution in [1.82, 2.24) is 0 Å². The zero-order valence-electron chi connectivity index (χ0n) is 7.36. The van der Waals surface area contributed by atoms with E-state index in [4.69, 9.17) is 16.2 Å². The molecule has 1 aromatic rings. The van der Waals surface area contributed by atoms with Gasteiger partial charge in [-0.15, -0.1) is 12.4 Å². The van der Waals surface area contributed by atoms with Gasteiger partial charge in [0.2, 0.25) is 0 Å². The lowest BCUT2D eigenvalue weighted by Crippen LogP contribution is -2.12. The highest BCUT2D eigenvalue weighted by Crippen LogP contribution is 2.04. The van der Waals surface area contributed by atoms with Crippen LogP contribution in [0.25, 0.3) is 0 Å². The molecule has 0 aromatic heterocycles. The van der Waals surface area contributed by atoms with Crippen molar-refractivity contribution in [2.45, 2.75) is 6.42 Å². The number of nitrogens with two attached hydrogens (primary N) is 1. The van der Waals surface area contributed by atoms with Crippen molar-refractivity contribution in [3.8, 4) is 0 Å². The number of rotatable bonds is 3. The van der Waals surface area contributed by atoms with Crippen LogP contribution in [0.3, 0.4) is 0 Å². The summed E-state index contributed by atoms with van der Waals surface area (Å²) < 4.78 is 0. The molecule has 4 N–H and O–H groups in total. The molecule has 0 aliphatic carbocycles. The van der Waals surface area contributed by atoms with Gasteiger partial charge in [-0.05, 0) is 17.7 Å². The average Bonchev–Trinajstić information content (AvgIpc) is 2.04. The molecule has 0 aliphatic rings. The van der Waals surface area contributed by atoms with Gasteiger partial charge in [0.05, 0.1) is 11.4 Å². The fraction of sp³-hybridized carbons (Fsp3) is 0.111. The van der Waals surface area contributed by atoms with Crippen molar-refractivity contribution in [2.75, 3.05) is 0 Å². The maximum Gasteiger partial charge on any atom is 0.335 e. The number of carboxylic acids is 1. The molecule has 0 atom stereocenters. The molecule has 0 unspecified atom stereocenters. The molecule has 76 valence electrons. The molecule has 14 heavy (non-hydrogen) atoms. The molecule has 1 aromatic carbocycles. The van der Waals surface area contributed by atoms with Crippen molar-refractivity contribution >= 4 is 24.2 Å². The van der Waals surface area contributed by atoms with Crippen LogP contribution < -0.4 is 5.73 Å². The molecule has 4 nitrogen and oxygen atoms in total. The number of nitrogens with one attached hydrogen (secondary N) is 1. The van der Waals surface area contributed by atoms with Crippen LogP contribution in [0.1, 0.15) is 15.9 Å². The van der Waals surface area contributed by atoms with Gasteiger partial charge in [-0.1, -0.05) is 12.1 Å². The monoisotopic (exact) mass is 214 g/mol. The Hall–Kier alpha value is -1.55. The van der Waals surface area contributed by atoms with E-state index in [1.807, 2.05) is 0 Å². The van der Waals surface area contributed by atoms with Crippen molar-refractivity contribution in [1.29, 1.82) is 5.41 Å². The van der Waals surface area contributed by atoms with Crippen LogP contribution in [0.4, 0.5) is 0 Å². The Morgan fingerprint density at radius 2 is 1.86 bits per heavy atom. The Kier molecular flexibility index (Phi) is 4.66. The summed E-state index contributed by atoms with van der Waals surface area (Å²) in [5.41, 5.74) is 6.28. The van der Waals surface area contributed by atoms with Gasteiger partial charge in [0.15, 0.2) is 0 Å². The standard InChI is InChI=1S/C9H10N2O2.ClH/c10-8(11)5-6-1-3-7(4-2-6)9(12)13;/h1-4H,5H2,(H3,10,11)(H,12,13);1H. The van der Waals surface area contributed by atoms with Crippen molar-refractivity contribution in [2.24, 2.45) is 5.73 Å². The first-order valence-electron chi connectivity index (χ1n) is 3.74. The highest BCUT2D eigenvalue weighted by atomic mass is 35.5. The Balaban J connectivity index is 0.00000169. The molecule has 0 spiro atoms. The van der Waals surface area contributed by atoms with Crippen LogP contribution in [-0.4, -0.2) is 16.9 Å². The molecule has 0 saturated carbocycles. The van der Waals surface area contributed by atoms with E-state index in [1.165, 1.54) is 12.1 Å². The third kappa shape index (κ3) is 3.45. The number of hydrogen-bond acceptors (Lipinski definition) is 2. The van der Waals surface area contributed by atoms with Crippen LogP contribution in [0, 0.1) is 5.41 Å². The lowest BCUT2D eigenvalue weighted by Gasteiger charge is -1.99. The summed E-state index contributed by atoms with van der Waals surface area (Å²) in [5.74, 6) is -0.877. The minimum atomic E-state index is -0.950. The van der Waals surface area contributed by atoms with Crippen molar-refractivity contribution in [3.05, 3.63) is 35.4 Å². The fourth-order valence-corrected chi connectivity index (χ4v) is 0.985. The zero-order chi connectivity index (χ0) is 9.84. The fourth-order valence-electron chi connectivity index (χ4n) is 0.985. The normalized spacial score (nSPS) is 8.86. The zero-order valence-corrected chi connectivity index (χ0v) is 8.17. The molecule has 0 aliphatic heterocycles. The summed E-state index contributed by atoms with van der Waals surface area (Å²) in [6, 6.07) is 6.32.